The normalized spacial score (nSPS) is 10.8. The van der Waals surface area contributed by atoms with Gasteiger partial charge in [0.25, 0.3) is 6.08 Å². The predicted octanol–water partition coefficient (Wildman–Crippen LogP) is 1.54. The van der Waals surface area contributed by atoms with Crippen LogP contribution < -0.4 is 0 Å². The van der Waals surface area contributed by atoms with Gasteiger partial charge >= 0.3 is 10.0 Å². The standard InChI is InChI=1S/C5H2BrNO3S2/c6-4-1-2-5(11-4)12(9,10)7-3-8/h1-2H. The molecule has 12 heavy (non-hydrogen) atoms. The lowest BCUT2D eigenvalue weighted by atomic mass is 10.7. The van der Waals surface area contributed by atoms with Gasteiger partial charge in [-0.3, -0.25) is 0 Å². The highest BCUT2D eigenvalue weighted by Crippen LogP contribution is 2.26. The summed E-state index contributed by atoms with van der Waals surface area (Å²) in [5.41, 5.74) is 0. The number of nitrogens with zero attached hydrogens (tertiary/aromatic N) is 1. The third-order valence-electron chi connectivity index (χ3n) is 0.960. The van der Waals surface area contributed by atoms with E-state index < -0.39 is 10.0 Å². The van der Waals surface area contributed by atoms with Gasteiger partial charge in [-0.1, -0.05) is 4.40 Å². The smallest absolute Gasteiger partial charge is 0.210 e. The van der Waals surface area contributed by atoms with Crippen molar-refractivity contribution in [3.05, 3.63) is 15.9 Å². The molecule has 0 aromatic carbocycles. The van der Waals surface area contributed by atoms with Crippen LogP contribution in [-0.4, -0.2) is 14.5 Å². The predicted molar refractivity (Wildman–Crippen MR) is 47.3 cm³/mol. The number of halogens is 1. The topological polar surface area (TPSA) is 63.6 Å². The second-order valence-corrected chi connectivity index (χ2v) is 6.01. The SMILES string of the molecule is O=C=NS(=O)(=O)c1ccc(Br)s1. The summed E-state index contributed by atoms with van der Waals surface area (Å²) in [4.78, 5) is 9.72. The summed E-state index contributed by atoms with van der Waals surface area (Å²) in [6.45, 7) is 0. The van der Waals surface area contributed by atoms with Crippen molar-refractivity contribution >= 4 is 43.4 Å². The molecule has 1 aromatic rings. The maximum absolute atomic E-state index is 11.0. The molecule has 64 valence electrons. The van der Waals surface area contributed by atoms with Gasteiger partial charge in [0, 0.05) is 0 Å². The van der Waals surface area contributed by atoms with Crippen LogP contribution in [0.4, 0.5) is 0 Å². The van der Waals surface area contributed by atoms with Gasteiger partial charge in [-0.25, -0.2) is 4.79 Å². The highest BCUT2D eigenvalue weighted by molar-refractivity contribution is 9.11. The Morgan fingerprint density at radius 2 is 2.17 bits per heavy atom. The molecule has 0 bridgehead atoms. The van der Waals surface area contributed by atoms with E-state index in [1.165, 1.54) is 6.07 Å². The van der Waals surface area contributed by atoms with Crippen LogP contribution in [0.3, 0.4) is 0 Å². The summed E-state index contributed by atoms with van der Waals surface area (Å²) in [5.74, 6) is 0. The van der Waals surface area contributed by atoms with Crippen LogP contribution >= 0.6 is 27.3 Å². The molecule has 0 saturated heterocycles. The molecule has 0 N–H and O–H groups in total. The number of hydrogen-bond acceptors (Lipinski definition) is 4. The Balaban J connectivity index is 3.23. The van der Waals surface area contributed by atoms with Crippen molar-refractivity contribution in [2.45, 2.75) is 4.21 Å². The molecular weight excluding hydrogens is 266 g/mol. The molecule has 0 spiro atoms. The van der Waals surface area contributed by atoms with E-state index in [9.17, 15) is 13.2 Å². The molecule has 7 heteroatoms. The zero-order valence-electron chi connectivity index (χ0n) is 5.52. The van der Waals surface area contributed by atoms with Gasteiger partial charge in [0.05, 0.1) is 3.79 Å². The summed E-state index contributed by atoms with van der Waals surface area (Å²) in [6, 6.07) is 2.93. The lowest BCUT2D eigenvalue weighted by Crippen LogP contribution is -1.91. The second kappa shape index (κ2) is 3.49. The fourth-order valence-corrected chi connectivity index (χ4v) is 3.20. The Morgan fingerprint density at radius 1 is 1.50 bits per heavy atom. The van der Waals surface area contributed by atoms with Gasteiger partial charge in [0.2, 0.25) is 0 Å². The Labute approximate surface area is 81.1 Å². The molecule has 4 nitrogen and oxygen atoms in total. The number of rotatable bonds is 2. The van der Waals surface area contributed by atoms with Gasteiger partial charge in [-0.15, -0.1) is 11.3 Å². The first kappa shape index (κ1) is 9.60. The van der Waals surface area contributed by atoms with Crippen LogP contribution in [-0.2, 0) is 14.8 Å². The van der Waals surface area contributed by atoms with Crippen molar-refractivity contribution in [3.8, 4) is 0 Å². The van der Waals surface area contributed by atoms with E-state index in [0.717, 1.165) is 17.4 Å². The molecule has 0 unspecified atom stereocenters. The van der Waals surface area contributed by atoms with Crippen LogP contribution in [0.15, 0.2) is 24.5 Å². The lowest BCUT2D eigenvalue weighted by Gasteiger charge is -1.86. The second-order valence-electron chi connectivity index (χ2n) is 1.72. The third kappa shape index (κ3) is 2.01. The molecule has 0 aliphatic rings. The van der Waals surface area contributed by atoms with Gasteiger partial charge in [0.15, 0.2) is 0 Å². The van der Waals surface area contributed by atoms with E-state index in [1.807, 2.05) is 0 Å². The van der Waals surface area contributed by atoms with Gasteiger partial charge in [-0.05, 0) is 28.1 Å². The fraction of sp³-hybridized carbons (Fsp3) is 0. The first-order chi connectivity index (χ1) is 5.56. The Hall–Kier alpha value is -0.490. The minimum absolute atomic E-state index is 0.0257. The Bertz CT molecular complexity index is 429. The number of carbonyl (C=O) groups excluding carboxylic acids is 1. The van der Waals surface area contributed by atoms with Crippen molar-refractivity contribution in [2.24, 2.45) is 4.40 Å². The van der Waals surface area contributed by atoms with E-state index in [-0.39, 0.29) is 4.21 Å². The molecule has 1 heterocycles. The fourth-order valence-electron chi connectivity index (χ4n) is 0.530. The van der Waals surface area contributed by atoms with Crippen molar-refractivity contribution < 1.29 is 13.2 Å². The summed E-state index contributed by atoms with van der Waals surface area (Å²) >= 11 is 4.08. The number of thiophene rings is 1. The van der Waals surface area contributed by atoms with Crippen molar-refractivity contribution in [1.82, 2.24) is 0 Å². The van der Waals surface area contributed by atoms with Gasteiger partial charge < -0.3 is 0 Å². The number of hydrogen-bond donors (Lipinski definition) is 0. The van der Waals surface area contributed by atoms with E-state index in [4.69, 9.17) is 0 Å². The quantitative estimate of drug-likeness (QED) is 0.603. The Morgan fingerprint density at radius 3 is 2.58 bits per heavy atom. The lowest BCUT2D eigenvalue weighted by molar-refractivity contribution is 0.564. The minimum Gasteiger partial charge on any atom is -0.210 e. The first-order valence-electron chi connectivity index (χ1n) is 2.66. The van der Waals surface area contributed by atoms with Crippen LogP contribution in [0.1, 0.15) is 0 Å². The number of isocyanates is 1. The third-order valence-corrected chi connectivity index (χ3v) is 4.22. The van der Waals surface area contributed by atoms with Crippen molar-refractivity contribution in [2.75, 3.05) is 0 Å². The van der Waals surface area contributed by atoms with Crippen LogP contribution in [0, 0.1) is 0 Å². The van der Waals surface area contributed by atoms with E-state index in [2.05, 4.69) is 20.3 Å². The summed E-state index contributed by atoms with van der Waals surface area (Å²) < 4.78 is 25.4. The van der Waals surface area contributed by atoms with Crippen molar-refractivity contribution in [1.29, 1.82) is 0 Å². The average Bonchev–Trinajstić information content (AvgIpc) is 2.36. The molecular formula is C5H2BrNO3S2. The molecule has 1 aromatic heterocycles. The van der Waals surface area contributed by atoms with Crippen LogP contribution in [0.2, 0.25) is 0 Å². The van der Waals surface area contributed by atoms with E-state index in [0.29, 0.717) is 3.79 Å². The Kier molecular flexibility index (Phi) is 2.79. The summed E-state index contributed by atoms with van der Waals surface area (Å²) in [6.07, 6.45) is 0.994. The molecule has 0 aliphatic carbocycles. The molecule has 0 aliphatic heterocycles. The van der Waals surface area contributed by atoms with E-state index >= 15 is 0 Å². The van der Waals surface area contributed by atoms with Gasteiger partial charge in [-0.2, -0.15) is 8.42 Å². The molecule has 0 saturated carbocycles. The first-order valence-corrected chi connectivity index (χ1v) is 5.71. The molecule has 0 amide bonds. The maximum atomic E-state index is 11.0. The summed E-state index contributed by atoms with van der Waals surface area (Å²) in [7, 11) is -3.80. The molecule has 1 rings (SSSR count). The van der Waals surface area contributed by atoms with Crippen molar-refractivity contribution in [3.63, 3.8) is 0 Å². The largest absolute Gasteiger partial charge is 0.302 e. The molecule has 0 atom stereocenters. The zero-order valence-corrected chi connectivity index (χ0v) is 8.74. The highest BCUT2D eigenvalue weighted by atomic mass is 79.9. The number of sulfonamides is 1. The highest BCUT2D eigenvalue weighted by Gasteiger charge is 2.14. The van der Waals surface area contributed by atoms with E-state index in [1.54, 1.807) is 6.07 Å². The molecule has 0 fully saturated rings. The van der Waals surface area contributed by atoms with Crippen LogP contribution in [0.25, 0.3) is 0 Å². The monoisotopic (exact) mass is 267 g/mol. The zero-order chi connectivity index (χ0) is 9.19. The average molecular weight is 268 g/mol. The maximum Gasteiger partial charge on any atom is 0.302 e. The molecule has 0 radical (unpaired) electrons. The van der Waals surface area contributed by atoms with Gasteiger partial charge in [0.1, 0.15) is 4.21 Å². The van der Waals surface area contributed by atoms with Crippen LogP contribution in [0.5, 0.6) is 0 Å². The summed E-state index contributed by atoms with van der Waals surface area (Å²) in [5, 5.41) is 0. The minimum atomic E-state index is -3.80.